The number of nitrogens with one attached hydrogen (secondary N) is 1. The van der Waals surface area contributed by atoms with Crippen LogP contribution in [-0.2, 0) is 21.2 Å². The number of thiophene rings is 1. The molecule has 0 saturated carbocycles. The van der Waals surface area contributed by atoms with Crippen LogP contribution in [0, 0.1) is 0 Å². The van der Waals surface area contributed by atoms with Gasteiger partial charge in [-0.3, -0.25) is 4.79 Å². The molecule has 1 saturated heterocycles. The molecule has 1 N–H and O–H groups in total. The highest BCUT2D eigenvalue weighted by atomic mass is 35.5. The summed E-state index contributed by atoms with van der Waals surface area (Å²) in [5.41, 5.74) is 2.19. The smallest absolute Gasteiger partial charge is 0.252 e. The maximum Gasteiger partial charge on any atom is 0.252 e. The fourth-order valence-corrected chi connectivity index (χ4v) is 6.54. The molecule has 9 heteroatoms. The lowest BCUT2D eigenvalue weighted by atomic mass is 10.1. The molecule has 1 aromatic carbocycles. The first-order valence-corrected chi connectivity index (χ1v) is 11.7. The molecule has 0 aliphatic carbocycles. The van der Waals surface area contributed by atoms with Gasteiger partial charge in [0.1, 0.15) is 4.21 Å². The van der Waals surface area contributed by atoms with Gasteiger partial charge in [0.15, 0.2) is 0 Å². The number of benzene rings is 1. The largest absolute Gasteiger partial charge is 0.361 e. The Balaban J connectivity index is 1.34. The Morgan fingerprint density at radius 3 is 2.57 bits per heavy atom. The van der Waals surface area contributed by atoms with E-state index < -0.39 is 10.0 Å². The maximum atomic E-state index is 12.7. The van der Waals surface area contributed by atoms with Crippen LogP contribution in [0.3, 0.4) is 0 Å². The number of para-hydroxylation sites is 1. The van der Waals surface area contributed by atoms with E-state index in [2.05, 4.69) is 4.98 Å². The summed E-state index contributed by atoms with van der Waals surface area (Å²) in [6.07, 6.45) is 3.03. The summed E-state index contributed by atoms with van der Waals surface area (Å²) in [4.78, 5) is 17.6. The van der Waals surface area contributed by atoms with Crippen molar-refractivity contribution in [2.75, 3.05) is 26.2 Å². The summed E-state index contributed by atoms with van der Waals surface area (Å²) in [7, 11) is -3.54. The second-order valence-electron chi connectivity index (χ2n) is 6.70. The van der Waals surface area contributed by atoms with Gasteiger partial charge in [0.25, 0.3) is 10.0 Å². The number of H-pyrrole nitrogens is 1. The Labute approximate surface area is 172 Å². The van der Waals surface area contributed by atoms with Crippen molar-refractivity contribution in [2.24, 2.45) is 0 Å². The molecule has 4 rings (SSSR count). The van der Waals surface area contributed by atoms with Crippen molar-refractivity contribution in [1.82, 2.24) is 14.2 Å². The summed E-state index contributed by atoms with van der Waals surface area (Å²) in [5.74, 6) is 0.0569. The number of aryl methyl sites for hydroxylation is 1. The van der Waals surface area contributed by atoms with Crippen LogP contribution in [0.2, 0.25) is 4.34 Å². The Bertz CT molecular complexity index is 1100. The third-order valence-corrected chi connectivity index (χ3v) is 8.61. The quantitative estimate of drug-likeness (QED) is 0.665. The van der Waals surface area contributed by atoms with E-state index in [9.17, 15) is 13.2 Å². The fourth-order valence-electron chi connectivity index (χ4n) is 3.48. The maximum absolute atomic E-state index is 12.7. The van der Waals surface area contributed by atoms with Crippen molar-refractivity contribution >= 4 is 49.8 Å². The first-order valence-electron chi connectivity index (χ1n) is 9.03. The Kier molecular flexibility index (Phi) is 5.46. The number of hydrogen-bond donors (Lipinski definition) is 1. The zero-order valence-electron chi connectivity index (χ0n) is 15.1. The lowest BCUT2D eigenvalue weighted by molar-refractivity contribution is -0.132. The average molecular weight is 438 g/mol. The number of carbonyl (C=O) groups excluding carboxylic acids is 1. The van der Waals surface area contributed by atoms with Gasteiger partial charge in [0.05, 0.1) is 4.34 Å². The third-order valence-electron chi connectivity index (χ3n) is 5.02. The molecule has 28 heavy (non-hydrogen) atoms. The van der Waals surface area contributed by atoms with E-state index in [4.69, 9.17) is 11.6 Å². The minimum Gasteiger partial charge on any atom is -0.361 e. The van der Waals surface area contributed by atoms with Gasteiger partial charge in [-0.05, 0) is 30.2 Å². The molecular weight excluding hydrogens is 418 g/mol. The number of hydrogen-bond acceptors (Lipinski definition) is 4. The van der Waals surface area contributed by atoms with Gasteiger partial charge in [0.2, 0.25) is 5.91 Å². The number of nitrogens with zero attached hydrogens (tertiary/aromatic N) is 2. The molecule has 0 bridgehead atoms. The Morgan fingerprint density at radius 1 is 1.11 bits per heavy atom. The van der Waals surface area contributed by atoms with Crippen molar-refractivity contribution in [2.45, 2.75) is 17.1 Å². The first kappa shape index (κ1) is 19.4. The van der Waals surface area contributed by atoms with E-state index in [0.717, 1.165) is 27.8 Å². The number of piperazine rings is 1. The molecule has 3 aromatic rings. The van der Waals surface area contributed by atoms with Crippen molar-refractivity contribution in [3.63, 3.8) is 0 Å². The van der Waals surface area contributed by atoms with Crippen molar-refractivity contribution in [1.29, 1.82) is 0 Å². The zero-order chi connectivity index (χ0) is 19.7. The van der Waals surface area contributed by atoms with E-state index in [0.29, 0.717) is 43.4 Å². The summed E-state index contributed by atoms with van der Waals surface area (Å²) in [6.45, 7) is 1.42. The average Bonchev–Trinajstić information content (AvgIpc) is 3.33. The van der Waals surface area contributed by atoms with Crippen LogP contribution in [0.25, 0.3) is 10.9 Å². The van der Waals surface area contributed by atoms with Gasteiger partial charge in [-0.1, -0.05) is 29.8 Å². The number of halogens is 1. The van der Waals surface area contributed by atoms with Crippen LogP contribution in [0.4, 0.5) is 0 Å². The molecule has 3 heterocycles. The molecule has 1 aliphatic rings. The summed E-state index contributed by atoms with van der Waals surface area (Å²) in [5, 5.41) is 1.14. The highest BCUT2D eigenvalue weighted by molar-refractivity contribution is 7.91. The first-order chi connectivity index (χ1) is 13.4. The number of amides is 1. The standard InChI is InChI=1S/C19H20ClN3O3S2/c20-17-6-8-19(27-17)28(25,26)23-11-9-22(10-12-23)18(24)7-5-14-13-21-16-4-2-1-3-15(14)16/h1-4,6,8,13,21H,5,7,9-12H2. The van der Waals surface area contributed by atoms with Gasteiger partial charge in [-0.25, -0.2) is 8.42 Å². The minimum atomic E-state index is -3.54. The predicted octanol–water partition coefficient (Wildman–Crippen LogP) is 3.35. The van der Waals surface area contributed by atoms with Crippen LogP contribution >= 0.6 is 22.9 Å². The molecule has 1 aliphatic heterocycles. The zero-order valence-corrected chi connectivity index (χ0v) is 17.5. The number of fused-ring (bicyclic) bond motifs is 1. The van der Waals surface area contributed by atoms with Crippen LogP contribution in [-0.4, -0.2) is 54.7 Å². The number of rotatable bonds is 5. The van der Waals surface area contributed by atoms with Crippen molar-refractivity contribution < 1.29 is 13.2 Å². The number of aromatic amines is 1. The number of sulfonamides is 1. The Hall–Kier alpha value is -1.87. The molecule has 2 aromatic heterocycles. The van der Waals surface area contributed by atoms with Crippen LogP contribution < -0.4 is 0 Å². The normalized spacial score (nSPS) is 16.0. The SMILES string of the molecule is O=C(CCc1c[nH]c2ccccc12)N1CCN(S(=O)(=O)c2ccc(Cl)s2)CC1. The van der Waals surface area contributed by atoms with Crippen LogP contribution in [0.5, 0.6) is 0 Å². The lowest BCUT2D eigenvalue weighted by Gasteiger charge is -2.33. The number of carbonyl (C=O) groups is 1. The van der Waals surface area contributed by atoms with E-state index in [1.54, 1.807) is 11.0 Å². The highest BCUT2D eigenvalue weighted by Crippen LogP contribution is 2.28. The van der Waals surface area contributed by atoms with Crippen LogP contribution in [0.1, 0.15) is 12.0 Å². The molecule has 6 nitrogen and oxygen atoms in total. The van der Waals surface area contributed by atoms with Gasteiger partial charge < -0.3 is 9.88 Å². The molecule has 0 atom stereocenters. The molecule has 1 fully saturated rings. The topological polar surface area (TPSA) is 73.5 Å². The van der Waals surface area contributed by atoms with E-state index in [1.165, 1.54) is 10.4 Å². The van der Waals surface area contributed by atoms with E-state index in [-0.39, 0.29) is 10.1 Å². The molecule has 0 spiro atoms. The summed E-state index contributed by atoms with van der Waals surface area (Å²) >= 11 is 6.92. The second-order valence-corrected chi connectivity index (χ2v) is 10.6. The summed E-state index contributed by atoms with van der Waals surface area (Å²) < 4.78 is 27.4. The van der Waals surface area contributed by atoms with Gasteiger partial charge in [-0.15, -0.1) is 11.3 Å². The van der Waals surface area contributed by atoms with Crippen molar-refractivity contribution in [3.05, 3.63) is 52.5 Å². The van der Waals surface area contributed by atoms with Gasteiger partial charge in [0, 0.05) is 49.7 Å². The molecule has 148 valence electrons. The molecule has 0 unspecified atom stereocenters. The monoisotopic (exact) mass is 437 g/mol. The van der Waals surface area contributed by atoms with E-state index >= 15 is 0 Å². The van der Waals surface area contributed by atoms with Crippen LogP contribution in [0.15, 0.2) is 46.8 Å². The molecule has 0 radical (unpaired) electrons. The minimum absolute atomic E-state index is 0.0569. The van der Waals surface area contributed by atoms with E-state index in [1.807, 2.05) is 30.5 Å². The Morgan fingerprint density at radius 2 is 1.86 bits per heavy atom. The predicted molar refractivity (Wildman–Crippen MR) is 111 cm³/mol. The summed E-state index contributed by atoms with van der Waals surface area (Å²) in [6, 6.07) is 11.1. The third kappa shape index (κ3) is 3.82. The fraction of sp³-hybridized carbons (Fsp3) is 0.316. The highest BCUT2D eigenvalue weighted by Gasteiger charge is 2.31. The lowest BCUT2D eigenvalue weighted by Crippen LogP contribution is -2.50. The van der Waals surface area contributed by atoms with Gasteiger partial charge >= 0.3 is 0 Å². The molecule has 1 amide bonds. The number of aromatic nitrogens is 1. The molecular formula is C19H20ClN3O3S2. The van der Waals surface area contributed by atoms with Crippen molar-refractivity contribution in [3.8, 4) is 0 Å². The second kappa shape index (κ2) is 7.87. The van der Waals surface area contributed by atoms with Gasteiger partial charge in [-0.2, -0.15) is 4.31 Å².